The Labute approximate surface area is 116 Å². The quantitative estimate of drug-likeness (QED) is 0.527. The number of hydrazine groups is 1. The van der Waals surface area contributed by atoms with Crippen molar-refractivity contribution in [3.8, 4) is 0 Å². The number of aryl methyl sites for hydroxylation is 1. The van der Waals surface area contributed by atoms with Crippen molar-refractivity contribution in [2.45, 2.75) is 25.9 Å². The minimum atomic E-state index is -0.0220. The van der Waals surface area contributed by atoms with Crippen LogP contribution >= 0.6 is 0 Å². The fourth-order valence-corrected chi connectivity index (χ4v) is 2.30. The third-order valence-corrected chi connectivity index (χ3v) is 3.38. The predicted molar refractivity (Wildman–Crippen MR) is 74.7 cm³/mol. The number of nitrogens with one attached hydrogen (secondary N) is 1. The Morgan fingerprint density at radius 2 is 2.20 bits per heavy atom. The molecule has 104 valence electrons. The molecule has 0 radical (unpaired) electrons. The molecule has 0 saturated heterocycles. The van der Waals surface area contributed by atoms with Gasteiger partial charge in [0.1, 0.15) is 0 Å². The number of rotatable bonds is 5. The smallest absolute Gasteiger partial charge is 0.0893 e. The summed E-state index contributed by atoms with van der Waals surface area (Å²) in [4.78, 5) is 4.14. The molecule has 0 amide bonds. The van der Waals surface area contributed by atoms with Gasteiger partial charge >= 0.3 is 0 Å². The third-order valence-electron chi connectivity index (χ3n) is 3.38. The Bertz CT molecular complexity index is 699. The summed E-state index contributed by atoms with van der Waals surface area (Å²) in [6.07, 6.45) is 11.8. The van der Waals surface area contributed by atoms with Crippen LogP contribution in [0.4, 0.5) is 0 Å². The van der Waals surface area contributed by atoms with Crippen molar-refractivity contribution in [3.63, 3.8) is 0 Å². The summed E-state index contributed by atoms with van der Waals surface area (Å²) >= 11 is 0. The van der Waals surface area contributed by atoms with Crippen LogP contribution in [0, 0.1) is 0 Å². The number of nitrogens with zero attached hydrogens (tertiary/aromatic N) is 5. The molecular weight excluding hydrogens is 254 g/mol. The van der Waals surface area contributed by atoms with Gasteiger partial charge in [-0.15, -0.1) is 0 Å². The molecule has 20 heavy (non-hydrogen) atoms. The molecule has 0 saturated carbocycles. The number of fused-ring (bicyclic) bond motifs is 1. The summed E-state index contributed by atoms with van der Waals surface area (Å²) in [5.74, 6) is 5.71. The Hall–Kier alpha value is -2.25. The van der Waals surface area contributed by atoms with Gasteiger partial charge in [0.15, 0.2) is 0 Å². The summed E-state index contributed by atoms with van der Waals surface area (Å²) in [6, 6.07) is -0.0220. The van der Waals surface area contributed by atoms with Gasteiger partial charge in [-0.3, -0.25) is 20.9 Å². The van der Waals surface area contributed by atoms with Gasteiger partial charge in [-0.2, -0.15) is 10.2 Å². The van der Waals surface area contributed by atoms with Crippen molar-refractivity contribution in [1.29, 1.82) is 0 Å². The van der Waals surface area contributed by atoms with E-state index >= 15 is 0 Å². The predicted octanol–water partition coefficient (Wildman–Crippen LogP) is 0.693. The van der Waals surface area contributed by atoms with Crippen molar-refractivity contribution in [2.75, 3.05) is 0 Å². The first-order chi connectivity index (χ1) is 9.81. The van der Waals surface area contributed by atoms with Crippen LogP contribution in [0.3, 0.4) is 0 Å². The Balaban J connectivity index is 1.89. The molecule has 3 N–H and O–H groups in total. The molecule has 1 atom stereocenters. The lowest BCUT2D eigenvalue weighted by Gasteiger charge is -2.13. The molecule has 0 aliphatic rings. The molecule has 0 fully saturated rings. The second kappa shape index (κ2) is 5.40. The molecule has 7 nitrogen and oxygen atoms in total. The SMILES string of the molecule is CCn1cc(CC(NN)c2cnn3ccncc23)cn1. The van der Waals surface area contributed by atoms with Crippen LogP contribution in [-0.2, 0) is 13.0 Å². The highest BCUT2D eigenvalue weighted by molar-refractivity contribution is 5.53. The van der Waals surface area contributed by atoms with Gasteiger partial charge in [0.05, 0.1) is 30.1 Å². The second-order valence-electron chi connectivity index (χ2n) is 4.63. The first kappa shape index (κ1) is 12.8. The fourth-order valence-electron chi connectivity index (χ4n) is 2.30. The van der Waals surface area contributed by atoms with Crippen LogP contribution in [0.25, 0.3) is 5.52 Å². The van der Waals surface area contributed by atoms with Crippen LogP contribution in [0.15, 0.2) is 37.2 Å². The van der Waals surface area contributed by atoms with E-state index in [9.17, 15) is 0 Å². The van der Waals surface area contributed by atoms with Gasteiger partial charge in [0, 0.05) is 30.7 Å². The van der Waals surface area contributed by atoms with E-state index in [1.807, 2.05) is 29.5 Å². The van der Waals surface area contributed by atoms with Gasteiger partial charge in [0.25, 0.3) is 0 Å². The minimum Gasteiger partial charge on any atom is -0.273 e. The lowest BCUT2D eigenvalue weighted by atomic mass is 10.0. The molecule has 3 heterocycles. The van der Waals surface area contributed by atoms with Gasteiger partial charge in [-0.05, 0) is 18.9 Å². The number of hydrogen-bond donors (Lipinski definition) is 2. The first-order valence-electron chi connectivity index (χ1n) is 6.56. The highest BCUT2D eigenvalue weighted by Gasteiger charge is 2.16. The molecule has 0 spiro atoms. The maximum Gasteiger partial charge on any atom is 0.0893 e. The third kappa shape index (κ3) is 2.28. The summed E-state index contributed by atoms with van der Waals surface area (Å²) in [7, 11) is 0. The monoisotopic (exact) mass is 271 g/mol. The van der Waals surface area contributed by atoms with Gasteiger partial charge < -0.3 is 0 Å². The normalized spacial score (nSPS) is 12.9. The molecule has 3 aromatic rings. The molecule has 0 aliphatic heterocycles. The standard InChI is InChI=1S/C13H17N7/c1-2-19-9-10(6-16-19)5-12(18-14)11-7-17-20-4-3-15-8-13(11)20/h3-4,6-9,12,18H,2,5,14H2,1H3. The Morgan fingerprint density at radius 3 is 2.95 bits per heavy atom. The fraction of sp³-hybridized carbons (Fsp3) is 0.308. The second-order valence-corrected chi connectivity index (χ2v) is 4.63. The maximum atomic E-state index is 5.71. The topological polar surface area (TPSA) is 86.1 Å². The minimum absolute atomic E-state index is 0.0220. The van der Waals surface area contributed by atoms with Crippen molar-refractivity contribution in [2.24, 2.45) is 5.84 Å². The number of aromatic nitrogens is 5. The molecule has 1 unspecified atom stereocenters. The maximum absolute atomic E-state index is 5.71. The summed E-state index contributed by atoms with van der Waals surface area (Å²) < 4.78 is 3.70. The van der Waals surface area contributed by atoms with E-state index in [0.29, 0.717) is 0 Å². The Morgan fingerprint density at radius 1 is 1.30 bits per heavy atom. The van der Waals surface area contributed by atoms with Crippen molar-refractivity contribution < 1.29 is 0 Å². The molecule has 3 aromatic heterocycles. The van der Waals surface area contributed by atoms with Crippen molar-refractivity contribution in [3.05, 3.63) is 48.3 Å². The zero-order valence-electron chi connectivity index (χ0n) is 11.3. The molecule has 7 heteroatoms. The van der Waals surface area contributed by atoms with E-state index in [2.05, 4.69) is 27.5 Å². The van der Waals surface area contributed by atoms with E-state index in [0.717, 1.165) is 29.6 Å². The summed E-state index contributed by atoms with van der Waals surface area (Å²) in [5, 5.41) is 8.59. The van der Waals surface area contributed by atoms with Crippen LogP contribution in [0.1, 0.15) is 24.1 Å². The van der Waals surface area contributed by atoms with Crippen molar-refractivity contribution >= 4 is 5.52 Å². The summed E-state index contributed by atoms with van der Waals surface area (Å²) in [5.41, 5.74) is 5.98. The molecular formula is C13H17N7. The van der Waals surface area contributed by atoms with Gasteiger partial charge in [0.2, 0.25) is 0 Å². The number of hydrogen-bond acceptors (Lipinski definition) is 5. The molecule has 0 bridgehead atoms. The lowest BCUT2D eigenvalue weighted by Crippen LogP contribution is -2.29. The Kier molecular flexibility index (Phi) is 3.44. The van der Waals surface area contributed by atoms with E-state index in [4.69, 9.17) is 5.84 Å². The van der Waals surface area contributed by atoms with E-state index in [-0.39, 0.29) is 6.04 Å². The average Bonchev–Trinajstić information content (AvgIpc) is 3.11. The number of nitrogens with two attached hydrogens (primary N) is 1. The zero-order valence-corrected chi connectivity index (χ0v) is 11.3. The molecule has 0 aromatic carbocycles. The lowest BCUT2D eigenvalue weighted by molar-refractivity contribution is 0.554. The van der Waals surface area contributed by atoms with Crippen molar-refractivity contribution in [1.82, 2.24) is 29.8 Å². The van der Waals surface area contributed by atoms with Crippen LogP contribution in [0.2, 0.25) is 0 Å². The molecule has 3 rings (SSSR count). The average molecular weight is 271 g/mol. The van der Waals surface area contributed by atoms with E-state index in [1.54, 1.807) is 16.9 Å². The highest BCUT2D eigenvalue weighted by Crippen LogP contribution is 2.21. The van der Waals surface area contributed by atoms with Gasteiger partial charge in [-0.25, -0.2) is 4.52 Å². The van der Waals surface area contributed by atoms with E-state index < -0.39 is 0 Å². The molecule has 0 aliphatic carbocycles. The van der Waals surface area contributed by atoms with Crippen LogP contribution < -0.4 is 11.3 Å². The largest absolute Gasteiger partial charge is 0.273 e. The van der Waals surface area contributed by atoms with Crippen LogP contribution in [0.5, 0.6) is 0 Å². The van der Waals surface area contributed by atoms with Crippen LogP contribution in [-0.4, -0.2) is 24.4 Å². The van der Waals surface area contributed by atoms with E-state index in [1.165, 1.54) is 0 Å². The van der Waals surface area contributed by atoms with Gasteiger partial charge in [-0.1, -0.05) is 0 Å². The first-order valence-corrected chi connectivity index (χ1v) is 6.56. The highest BCUT2D eigenvalue weighted by atomic mass is 15.3. The zero-order chi connectivity index (χ0) is 13.9. The summed E-state index contributed by atoms with van der Waals surface area (Å²) in [6.45, 7) is 2.92.